The molecule has 2 amide bonds. The third-order valence-electron chi connectivity index (χ3n) is 3.32. The summed E-state index contributed by atoms with van der Waals surface area (Å²) in [6.45, 7) is 0. The van der Waals surface area contributed by atoms with Crippen LogP contribution in [0.15, 0.2) is 47.4 Å². The number of imide groups is 1. The molecule has 0 saturated carbocycles. The average Bonchev–Trinajstić information content (AvgIpc) is 3.23. The topological polar surface area (TPSA) is 128 Å². The Bertz CT molecular complexity index is 965. The van der Waals surface area contributed by atoms with E-state index in [0.29, 0.717) is 5.06 Å². The first-order valence-corrected chi connectivity index (χ1v) is 6.95. The van der Waals surface area contributed by atoms with Crippen molar-refractivity contribution in [2.45, 2.75) is 0 Å². The number of hydroxylamine groups is 2. The first-order chi connectivity index (χ1) is 12.1. The highest BCUT2D eigenvalue weighted by Crippen LogP contribution is 2.23. The molecule has 0 saturated heterocycles. The van der Waals surface area contributed by atoms with E-state index in [1.807, 2.05) is 0 Å². The zero-order valence-electron chi connectivity index (χ0n) is 12.3. The van der Waals surface area contributed by atoms with Gasteiger partial charge in [-0.15, -0.1) is 0 Å². The predicted octanol–water partition coefficient (Wildman–Crippen LogP) is 0.895. The molecule has 0 N–H and O–H groups in total. The lowest BCUT2D eigenvalue weighted by Gasteiger charge is -2.10. The molecule has 122 valence electrons. The van der Waals surface area contributed by atoms with Crippen molar-refractivity contribution < 1.29 is 23.7 Å². The summed E-state index contributed by atoms with van der Waals surface area (Å²) in [6, 6.07) is 6.12. The van der Waals surface area contributed by atoms with Gasteiger partial charge in [-0.2, -0.15) is 4.98 Å². The van der Waals surface area contributed by atoms with Gasteiger partial charge >= 0.3 is 11.9 Å². The average molecular weight is 337 g/mol. The molecule has 10 heteroatoms. The van der Waals surface area contributed by atoms with Gasteiger partial charge in [0.25, 0.3) is 11.8 Å². The lowest BCUT2D eigenvalue weighted by molar-refractivity contribution is -0.0612. The van der Waals surface area contributed by atoms with Gasteiger partial charge in [-0.1, -0.05) is 22.4 Å². The number of benzene rings is 1. The van der Waals surface area contributed by atoms with Crippen LogP contribution in [0.1, 0.15) is 31.4 Å². The van der Waals surface area contributed by atoms with Gasteiger partial charge in [-0.3, -0.25) is 14.6 Å². The van der Waals surface area contributed by atoms with E-state index in [0.717, 1.165) is 0 Å². The van der Waals surface area contributed by atoms with Gasteiger partial charge < -0.3 is 9.36 Å². The minimum absolute atomic E-state index is 0.0161. The summed E-state index contributed by atoms with van der Waals surface area (Å²) in [4.78, 5) is 52.8. The molecule has 0 fully saturated rings. The molecule has 2 aromatic heterocycles. The molecule has 0 spiro atoms. The summed E-state index contributed by atoms with van der Waals surface area (Å²) in [5.41, 5.74) is 0.572. The molecule has 3 heterocycles. The number of carbonyl (C=O) groups excluding carboxylic acids is 3. The summed E-state index contributed by atoms with van der Waals surface area (Å²) < 4.78 is 4.79. The largest absolute Gasteiger partial charge is 0.422 e. The number of hydrogen-bond donors (Lipinski definition) is 0. The third kappa shape index (κ3) is 2.41. The maximum Gasteiger partial charge on any atom is 0.422 e. The number of aromatic nitrogens is 4. The van der Waals surface area contributed by atoms with E-state index >= 15 is 0 Å². The standard InChI is InChI=1S/C15H7N5O5/c21-13-8-3-1-2-4-9(8)14(22)20(13)25-15(23)12-18-11(19-24-12)10-7-16-5-6-17-10/h1-7H. The van der Waals surface area contributed by atoms with Gasteiger partial charge in [0.05, 0.1) is 17.3 Å². The zero-order valence-corrected chi connectivity index (χ0v) is 12.3. The smallest absolute Gasteiger partial charge is 0.326 e. The minimum Gasteiger partial charge on any atom is -0.326 e. The molecule has 4 rings (SSSR count). The van der Waals surface area contributed by atoms with Gasteiger partial charge in [0.15, 0.2) is 0 Å². The summed E-state index contributed by atoms with van der Waals surface area (Å²) in [7, 11) is 0. The second-order valence-corrected chi connectivity index (χ2v) is 4.84. The Hall–Kier alpha value is -3.95. The maximum absolute atomic E-state index is 12.1. The van der Waals surface area contributed by atoms with Crippen molar-refractivity contribution in [3.8, 4) is 11.5 Å². The van der Waals surface area contributed by atoms with E-state index in [4.69, 9.17) is 9.36 Å². The molecule has 0 aliphatic carbocycles. The first kappa shape index (κ1) is 14.6. The molecule has 10 nitrogen and oxygen atoms in total. The lowest BCUT2D eigenvalue weighted by atomic mass is 10.1. The molecular formula is C15H7N5O5. The molecule has 1 aromatic carbocycles. The number of amides is 2. The van der Waals surface area contributed by atoms with Gasteiger partial charge in [-0.25, -0.2) is 9.78 Å². The Morgan fingerprint density at radius 1 is 1.08 bits per heavy atom. The monoisotopic (exact) mass is 337 g/mol. The number of nitrogens with zero attached hydrogens (tertiary/aromatic N) is 5. The maximum atomic E-state index is 12.1. The lowest BCUT2D eigenvalue weighted by Crippen LogP contribution is -2.32. The minimum atomic E-state index is -1.14. The molecular weight excluding hydrogens is 330 g/mol. The predicted molar refractivity (Wildman–Crippen MR) is 77.7 cm³/mol. The second kappa shape index (κ2) is 5.60. The van der Waals surface area contributed by atoms with E-state index in [2.05, 4.69) is 20.1 Å². The molecule has 3 aromatic rings. The van der Waals surface area contributed by atoms with Crippen molar-refractivity contribution in [1.82, 2.24) is 25.2 Å². The number of rotatable bonds is 3. The Balaban J connectivity index is 1.55. The highest BCUT2D eigenvalue weighted by Gasteiger charge is 2.39. The fourth-order valence-electron chi connectivity index (χ4n) is 2.20. The van der Waals surface area contributed by atoms with Crippen LogP contribution in [0.4, 0.5) is 0 Å². The van der Waals surface area contributed by atoms with Crippen LogP contribution in [0.5, 0.6) is 0 Å². The van der Waals surface area contributed by atoms with E-state index in [1.54, 1.807) is 12.1 Å². The van der Waals surface area contributed by atoms with Crippen molar-refractivity contribution in [2.75, 3.05) is 0 Å². The Morgan fingerprint density at radius 3 is 2.44 bits per heavy atom. The van der Waals surface area contributed by atoms with E-state index in [1.165, 1.54) is 30.7 Å². The molecule has 0 bridgehead atoms. The Kier molecular flexibility index (Phi) is 3.28. The summed E-state index contributed by atoms with van der Waals surface area (Å²) in [5, 5.41) is 3.94. The highest BCUT2D eigenvalue weighted by atomic mass is 16.7. The van der Waals surface area contributed by atoms with Gasteiger partial charge in [-0.05, 0) is 12.1 Å². The van der Waals surface area contributed by atoms with Crippen molar-refractivity contribution in [3.05, 3.63) is 59.9 Å². The van der Waals surface area contributed by atoms with Crippen LogP contribution in [0.2, 0.25) is 0 Å². The quantitative estimate of drug-likeness (QED) is 0.640. The fourth-order valence-corrected chi connectivity index (χ4v) is 2.20. The molecule has 0 atom stereocenters. The van der Waals surface area contributed by atoms with Gasteiger partial charge in [0.2, 0.25) is 5.82 Å². The molecule has 0 unspecified atom stereocenters. The normalized spacial score (nSPS) is 13.0. The van der Waals surface area contributed by atoms with Crippen molar-refractivity contribution >= 4 is 17.8 Å². The summed E-state index contributed by atoms with van der Waals surface area (Å²) in [6.07, 6.45) is 4.26. The number of fused-ring (bicyclic) bond motifs is 1. The van der Waals surface area contributed by atoms with E-state index in [-0.39, 0.29) is 22.6 Å². The fraction of sp³-hybridized carbons (Fsp3) is 0. The van der Waals surface area contributed by atoms with Crippen LogP contribution < -0.4 is 0 Å². The van der Waals surface area contributed by atoms with Gasteiger partial charge in [0, 0.05) is 12.4 Å². The first-order valence-electron chi connectivity index (χ1n) is 6.95. The van der Waals surface area contributed by atoms with Gasteiger partial charge in [0.1, 0.15) is 5.69 Å². The molecule has 25 heavy (non-hydrogen) atoms. The third-order valence-corrected chi connectivity index (χ3v) is 3.32. The van der Waals surface area contributed by atoms with Crippen LogP contribution in [0.25, 0.3) is 11.5 Å². The summed E-state index contributed by atoms with van der Waals surface area (Å²) >= 11 is 0. The van der Waals surface area contributed by atoms with Crippen LogP contribution >= 0.6 is 0 Å². The van der Waals surface area contributed by atoms with E-state index in [9.17, 15) is 14.4 Å². The van der Waals surface area contributed by atoms with Crippen molar-refractivity contribution in [3.63, 3.8) is 0 Å². The van der Waals surface area contributed by atoms with Crippen LogP contribution in [-0.2, 0) is 4.84 Å². The second-order valence-electron chi connectivity index (χ2n) is 4.84. The molecule has 0 radical (unpaired) electrons. The number of carbonyl (C=O) groups is 3. The Morgan fingerprint density at radius 2 is 1.80 bits per heavy atom. The van der Waals surface area contributed by atoms with Crippen LogP contribution in [0, 0.1) is 0 Å². The highest BCUT2D eigenvalue weighted by molar-refractivity contribution is 6.21. The zero-order chi connectivity index (χ0) is 17.4. The van der Waals surface area contributed by atoms with Crippen molar-refractivity contribution in [2.24, 2.45) is 0 Å². The SMILES string of the molecule is O=C(ON1C(=O)c2ccccc2C1=O)c1nc(-c2cnccn2)no1. The van der Waals surface area contributed by atoms with Crippen LogP contribution in [-0.4, -0.2) is 43.0 Å². The van der Waals surface area contributed by atoms with E-state index < -0.39 is 23.7 Å². The number of hydrogen-bond acceptors (Lipinski definition) is 9. The van der Waals surface area contributed by atoms with Crippen molar-refractivity contribution in [1.29, 1.82) is 0 Å². The summed E-state index contributed by atoms with van der Waals surface area (Å²) in [5.74, 6) is -3.15. The Labute approximate surface area is 139 Å². The molecule has 1 aliphatic rings. The molecule has 1 aliphatic heterocycles. The van der Waals surface area contributed by atoms with Crippen LogP contribution in [0.3, 0.4) is 0 Å².